The van der Waals surface area contributed by atoms with Crippen LogP contribution < -0.4 is 10.2 Å². The molecule has 2 aliphatic rings. The van der Waals surface area contributed by atoms with Gasteiger partial charge in [-0.25, -0.2) is 23.8 Å². The lowest BCUT2D eigenvalue weighted by Gasteiger charge is -2.42. The first kappa shape index (κ1) is 28.4. The van der Waals surface area contributed by atoms with E-state index in [1.807, 2.05) is 4.90 Å². The van der Waals surface area contributed by atoms with Crippen LogP contribution in [0.3, 0.4) is 0 Å². The van der Waals surface area contributed by atoms with Gasteiger partial charge >= 0.3 is 6.09 Å². The number of rotatable bonds is 8. The van der Waals surface area contributed by atoms with Crippen molar-refractivity contribution in [1.82, 2.24) is 25.1 Å². The number of hydrogen-bond donors (Lipinski definition) is 2. The van der Waals surface area contributed by atoms with Gasteiger partial charge in [-0.3, -0.25) is 0 Å². The van der Waals surface area contributed by atoms with Crippen LogP contribution in [0.15, 0.2) is 0 Å². The van der Waals surface area contributed by atoms with Crippen molar-refractivity contribution >= 4 is 53.7 Å². The van der Waals surface area contributed by atoms with Gasteiger partial charge in [0.25, 0.3) is 0 Å². The van der Waals surface area contributed by atoms with Crippen molar-refractivity contribution in [3.63, 3.8) is 0 Å². The Morgan fingerprint density at radius 3 is 2.65 bits per heavy atom. The Hall–Kier alpha value is -1.58. The molecule has 2 aromatic rings. The Morgan fingerprint density at radius 1 is 1.27 bits per heavy atom. The zero-order chi connectivity index (χ0) is 27.1. The Morgan fingerprint density at radius 2 is 2.00 bits per heavy atom. The lowest BCUT2D eigenvalue weighted by atomic mass is 9.95. The summed E-state index contributed by atoms with van der Waals surface area (Å²) in [6.45, 7) is 12.8. The van der Waals surface area contributed by atoms with Crippen LogP contribution in [0.5, 0.6) is 0 Å². The molecule has 0 spiro atoms. The Kier molecular flexibility index (Phi) is 8.36. The quantitative estimate of drug-likeness (QED) is 0.249. The number of carbonyl (C=O) groups excluding carboxylic acids is 1. The maximum Gasteiger partial charge on any atom is 0.407 e. The molecule has 2 aliphatic heterocycles. The van der Waals surface area contributed by atoms with E-state index in [1.54, 1.807) is 25.5 Å². The number of aliphatic hydroxyl groups is 1. The number of nitrogens with zero attached hydrogens (tertiary/aromatic N) is 5. The minimum Gasteiger partial charge on any atom is -0.444 e. The summed E-state index contributed by atoms with van der Waals surface area (Å²) < 4.78 is 29.3. The van der Waals surface area contributed by atoms with Crippen molar-refractivity contribution in [3.8, 4) is 0 Å². The van der Waals surface area contributed by atoms with Crippen molar-refractivity contribution in [3.05, 3.63) is 9.39 Å². The second-order valence-electron chi connectivity index (χ2n) is 12.1. The van der Waals surface area contributed by atoms with E-state index in [9.17, 15) is 9.90 Å². The van der Waals surface area contributed by atoms with Crippen LogP contribution in [0.25, 0.3) is 11.2 Å². The molecule has 4 heterocycles. The van der Waals surface area contributed by atoms with E-state index in [-0.39, 0.29) is 19.4 Å². The van der Waals surface area contributed by atoms with E-state index >= 15 is 4.39 Å². The molecule has 10 nitrogen and oxygen atoms in total. The van der Waals surface area contributed by atoms with Gasteiger partial charge in [-0.1, -0.05) is 19.6 Å². The van der Waals surface area contributed by atoms with Crippen LogP contribution in [0, 0.1) is 3.70 Å². The van der Waals surface area contributed by atoms with Gasteiger partial charge in [-0.15, -0.1) is 0 Å². The number of alkyl carbamates (subject to hydrolysis) is 1. The normalized spacial score (nSPS) is 24.1. The highest BCUT2D eigenvalue weighted by atomic mass is 127. The van der Waals surface area contributed by atoms with Crippen molar-refractivity contribution in [2.24, 2.45) is 0 Å². The standard InChI is InChI=1S/C24H38FIN6O4Si/c1-24(2,3)36-23(34)28-15-11-14-7-8-17(18(15)25)32(14)21-16(12-33)27-19-20(26)30-31(22(19)29-21)13-35-9-10-37(4,5)6/h14-15,17-18,33H,7-13H2,1-6H3,(H,28,34)/t14-,15-,17+,18-/m0/s1. The van der Waals surface area contributed by atoms with Gasteiger partial charge in [0.15, 0.2) is 15.2 Å². The minimum atomic E-state index is -1.31. The van der Waals surface area contributed by atoms with Crippen molar-refractivity contribution in [2.75, 3.05) is 11.5 Å². The van der Waals surface area contributed by atoms with Gasteiger partial charge in [-0.2, -0.15) is 5.10 Å². The van der Waals surface area contributed by atoms with E-state index < -0.39 is 38.0 Å². The maximum absolute atomic E-state index is 15.7. The molecule has 4 rings (SSSR count). The van der Waals surface area contributed by atoms with Gasteiger partial charge in [0.2, 0.25) is 0 Å². The summed E-state index contributed by atoms with van der Waals surface area (Å²) in [4.78, 5) is 23.8. The topological polar surface area (TPSA) is 115 Å². The summed E-state index contributed by atoms with van der Waals surface area (Å²) in [6, 6.07) is -0.136. The van der Waals surface area contributed by atoms with Crippen LogP contribution in [-0.4, -0.2) is 75.5 Å². The molecule has 2 aromatic heterocycles. The van der Waals surface area contributed by atoms with E-state index in [2.05, 4.69) is 57.6 Å². The Labute approximate surface area is 231 Å². The first-order valence-corrected chi connectivity index (χ1v) is 17.6. The first-order valence-electron chi connectivity index (χ1n) is 12.8. The van der Waals surface area contributed by atoms with Crippen molar-refractivity contribution in [2.45, 2.75) is 109 Å². The predicted octanol–water partition coefficient (Wildman–Crippen LogP) is 4.21. The molecule has 0 unspecified atom stereocenters. The molecule has 2 bridgehead atoms. The number of hydrogen-bond acceptors (Lipinski definition) is 8. The third kappa shape index (κ3) is 6.53. The molecule has 1 amide bonds. The molecule has 0 aromatic carbocycles. The average Bonchev–Trinajstić information content (AvgIpc) is 3.28. The third-order valence-electron chi connectivity index (χ3n) is 6.71. The molecule has 2 fully saturated rings. The average molecular weight is 649 g/mol. The molecular weight excluding hydrogens is 610 g/mol. The lowest BCUT2D eigenvalue weighted by molar-refractivity contribution is 0.0447. The van der Waals surface area contributed by atoms with Gasteiger partial charge in [-0.05, 0) is 68.7 Å². The minimum absolute atomic E-state index is 0.0441. The molecule has 13 heteroatoms. The summed E-state index contributed by atoms with van der Waals surface area (Å²) in [5, 5.41) is 17.4. The molecule has 0 radical (unpaired) electrons. The predicted molar refractivity (Wildman–Crippen MR) is 150 cm³/mol. The van der Waals surface area contributed by atoms with Crippen molar-refractivity contribution < 1.29 is 23.8 Å². The molecule has 206 valence electrons. The summed E-state index contributed by atoms with van der Waals surface area (Å²) in [6.07, 6.45) is -0.126. The largest absolute Gasteiger partial charge is 0.444 e. The molecule has 0 saturated carbocycles. The zero-order valence-electron chi connectivity index (χ0n) is 22.4. The maximum atomic E-state index is 15.7. The number of carbonyl (C=O) groups is 1. The second-order valence-corrected chi connectivity index (χ2v) is 18.7. The number of alkyl halides is 1. The number of halogens is 2. The molecule has 2 saturated heterocycles. The lowest BCUT2D eigenvalue weighted by Crippen LogP contribution is -2.59. The molecular formula is C24H38FIN6O4Si. The van der Waals surface area contributed by atoms with Crippen LogP contribution in [0.2, 0.25) is 25.7 Å². The highest BCUT2D eigenvalue weighted by Crippen LogP contribution is 2.41. The smallest absolute Gasteiger partial charge is 0.407 e. The number of piperidine rings is 1. The summed E-state index contributed by atoms with van der Waals surface area (Å²) in [7, 11) is -1.22. The number of ether oxygens (including phenoxy) is 2. The first-order chi connectivity index (χ1) is 17.3. The number of fused-ring (bicyclic) bond motifs is 3. The van der Waals surface area contributed by atoms with Gasteiger partial charge in [0.1, 0.15) is 29.7 Å². The van der Waals surface area contributed by atoms with Crippen molar-refractivity contribution in [1.29, 1.82) is 0 Å². The Bertz CT molecular complexity index is 1140. The number of anilines is 1. The number of aromatic nitrogens is 4. The highest BCUT2D eigenvalue weighted by Gasteiger charge is 2.50. The fraction of sp³-hybridized carbons (Fsp3) is 0.750. The summed E-state index contributed by atoms with van der Waals surface area (Å²) >= 11 is 2.11. The van der Waals surface area contributed by atoms with Crippen LogP contribution in [0.4, 0.5) is 15.0 Å². The molecule has 0 aliphatic carbocycles. The fourth-order valence-electron chi connectivity index (χ4n) is 4.98. The fourth-order valence-corrected chi connectivity index (χ4v) is 6.36. The number of amides is 1. The van der Waals surface area contributed by atoms with Crippen LogP contribution >= 0.6 is 22.6 Å². The van der Waals surface area contributed by atoms with Gasteiger partial charge in [0.05, 0.1) is 18.7 Å². The van der Waals surface area contributed by atoms with E-state index in [0.717, 1.165) is 12.5 Å². The van der Waals surface area contributed by atoms with Crippen LogP contribution in [-0.2, 0) is 22.8 Å². The molecule has 4 atom stereocenters. The number of nitrogens with one attached hydrogen (secondary N) is 1. The third-order valence-corrected chi connectivity index (χ3v) is 9.14. The Balaban J connectivity index is 1.57. The van der Waals surface area contributed by atoms with E-state index in [1.165, 1.54) is 0 Å². The van der Waals surface area contributed by atoms with E-state index in [0.29, 0.717) is 45.8 Å². The zero-order valence-corrected chi connectivity index (χ0v) is 25.6. The number of aliphatic hydroxyl groups excluding tert-OH is 1. The summed E-state index contributed by atoms with van der Waals surface area (Å²) in [5.41, 5.74) is 0.878. The van der Waals surface area contributed by atoms with Crippen LogP contribution in [0.1, 0.15) is 45.7 Å². The SMILES string of the molecule is CC(C)(C)OC(=O)N[C@H]1C[C@@H]2CC[C@H]([C@H]1F)N2c1nc2c(nc1CO)c(I)nn2COCC[Si](C)(C)C. The van der Waals surface area contributed by atoms with E-state index in [4.69, 9.17) is 14.5 Å². The highest BCUT2D eigenvalue weighted by molar-refractivity contribution is 14.1. The monoisotopic (exact) mass is 648 g/mol. The second kappa shape index (κ2) is 10.9. The summed E-state index contributed by atoms with van der Waals surface area (Å²) in [5.74, 6) is 0.473. The van der Waals surface area contributed by atoms with Gasteiger partial charge < -0.3 is 24.8 Å². The molecule has 37 heavy (non-hydrogen) atoms. The van der Waals surface area contributed by atoms with Gasteiger partial charge in [0, 0.05) is 20.7 Å². The molecule has 2 N–H and O–H groups in total.